The number of carbonyl (C=O) groups excluding carboxylic acids is 3. The number of amides is 2. The summed E-state index contributed by atoms with van der Waals surface area (Å²) >= 11 is 0. The quantitative estimate of drug-likeness (QED) is 0.339. The number of Topliss-reactive ketones (excluding diaryl/α,β-unsaturated/α-hetero) is 1. The summed E-state index contributed by atoms with van der Waals surface area (Å²) in [5, 5.41) is 9.85. The minimum Gasteiger partial charge on any atom is -0.497 e. The summed E-state index contributed by atoms with van der Waals surface area (Å²) in [6.45, 7) is 0. The summed E-state index contributed by atoms with van der Waals surface area (Å²) in [6.07, 6.45) is 0.565. The maximum absolute atomic E-state index is 13.1. The van der Waals surface area contributed by atoms with E-state index in [1.165, 1.54) is 0 Å². The number of hydrogen-bond donors (Lipinski definition) is 2. The standard InChI is InChI=1S/C29H27N5O5/c1-38-22-12-8-19(9-13-22)26-31-29(33-34(26)21-10-14-23(39-2)15-11-21)32-28(37)25-24(35)17-20(30-27(25)36)16-18-6-4-3-5-7-18/h3-15,20,25H,16-17H2,1-2H3,(H,30,36)(H,32,33,37). The van der Waals surface area contributed by atoms with E-state index in [0.717, 1.165) is 11.1 Å². The van der Waals surface area contributed by atoms with Gasteiger partial charge in [0.1, 0.15) is 11.5 Å². The van der Waals surface area contributed by atoms with Crippen LogP contribution < -0.4 is 20.1 Å². The number of ketones is 1. The molecule has 10 heteroatoms. The Morgan fingerprint density at radius 3 is 2.21 bits per heavy atom. The molecule has 0 spiro atoms. The molecule has 198 valence electrons. The van der Waals surface area contributed by atoms with Crippen LogP contribution in [-0.2, 0) is 20.8 Å². The smallest absolute Gasteiger partial charge is 0.249 e. The molecule has 1 aliphatic rings. The predicted molar refractivity (Wildman–Crippen MR) is 144 cm³/mol. The highest BCUT2D eigenvalue weighted by Crippen LogP contribution is 2.26. The average Bonchev–Trinajstić information content (AvgIpc) is 3.37. The van der Waals surface area contributed by atoms with Crippen LogP contribution in [-0.4, -0.2) is 52.6 Å². The molecule has 0 aliphatic carbocycles. The lowest BCUT2D eigenvalue weighted by Crippen LogP contribution is -2.53. The first kappa shape index (κ1) is 25.7. The third-order valence-corrected chi connectivity index (χ3v) is 6.47. The number of carbonyl (C=O) groups is 3. The summed E-state index contributed by atoms with van der Waals surface area (Å²) < 4.78 is 12.1. The molecule has 0 radical (unpaired) electrons. The van der Waals surface area contributed by atoms with Gasteiger partial charge >= 0.3 is 0 Å². The van der Waals surface area contributed by atoms with Crippen molar-refractivity contribution in [2.45, 2.75) is 18.9 Å². The molecule has 39 heavy (non-hydrogen) atoms. The van der Waals surface area contributed by atoms with Crippen LogP contribution in [0.15, 0.2) is 78.9 Å². The summed E-state index contributed by atoms with van der Waals surface area (Å²) in [4.78, 5) is 43.3. The Labute approximate surface area is 225 Å². The van der Waals surface area contributed by atoms with Gasteiger partial charge in [-0.15, -0.1) is 5.10 Å². The van der Waals surface area contributed by atoms with Gasteiger partial charge in [-0.3, -0.25) is 19.7 Å². The van der Waals surface area contributed by atoms with Crippen LogP contribution in [0.3, 0.4) is 0 Å². The van der Waals surface area contributed by atoms with Crippen molar-refractivity contribution >= 4 is 23.5 Å². The minimum atomic E-state index is -1.48. The average molecular weight is 526 g/mol. The van der Waals surface area contributed by atoms with E-state index in [9.17, 15) is 14.4 Å². The normalized spacial score (nSPS) is 16.9. The lowest BCUT2D eigenvalue weighted by molar-refractivity contribution is -0.143. The molecule has 1 aliphatic heterocycles. The molecule has 2 atom stereocenters. The molecule has 2 heterocycles. The maximum Gasteiger partial charge on any atom is 0.249 e. The van der Waals surface area contributed by atoms with Gasteiger partial charge < -0.3 is 14.8 Å². The van der Waals surface area contributed by atoms with Crippen molar-refractivity contribution in [1.29, 1.82) is 0 Å². The molecular weight excluding hydrogens is 498 g/mol. The van der Waals surface area contributed by atoms with Gasteiger partial charge in [0.15, 0.2) is 17.5 Å². The van der Waals surface area contributed by atoms with Gasteiger partial charge in [-0.1, -0.05) is 30.3 Å². The molecule has 1 saturated heterocycles. The Balaban J connectivity index is 1.37. The second kappa shape index (κ2) is 11.2. The molecule has 2 N–H and O–H groups in total. The Kier molecular flexibility index (Phi) is 7.35. The fourth-order valence-electron chi connectivity index (χ4n) is 4.51. The highest BCUT2D eigenvalue weighted by atomic mass is 16.5. The van der Waals surface area contributed by atoms with Crippen molar-refractivity contribution in [1.82, 2.24) is 20.1 Å². The van der Waals surface area contributed by atoms with Crippen molar-refractivity contribution in [3.63, 3.8) is 0 Å². The van der Waals surface area contributed by atoms with Crippen LogP contribution in [0.5, 0.6) is 11.5 Å². The number of anilines is 1. The largest absolute Gasteiger partial charge is 0.497 e. The van der Waals surface area contributed by atoms with Gasteiger partial charge in [-0.2, -0.15) is 4.98 Å². The summed E-state index contributed by atoms with van der Waals surface area (Å²) in [7, 11) is 3.16. The van der Waals surface area contributed by atoms with Gasteiger partial charge in [0.25, 0.3) is 0 Å². The summed E-state index contributed by atoms with van der Waals surface area (Å²) in [5.74, 6) is -1.56. The van der Waals surface area contributed by atoms with E-state index in [4.69, 9.17) is 9.47 Å². The number of ether oxygens (including phenoxy) is 2. The number of aromatic nitrogens is 3. The molecule has 4 aromatic rings. The number of methoxy groups -OCH3 is 2. The van der Waals surface area contributed by atoms with Crippen molar-refractivity contribution in [3.8, 4) is 28.6 Å². The minimum absolute atomic E-state index is 0.0337. The molecule has 3 aromatic carbocycles. The van der Waals surface area contributed by atoms with Crippen LogP contribution in [0, 0.1) is 5.92 Å². The zero-order valence-corrected chi connectivity index (χ0v) is 21.5. The number of piperidine rings is 1. The lowest BCUT2D eigenvalue weighted by Gasteiger charge is -2.27. The third kappa shape index (κ3) is 5.64. The van der Waals surface area contributed by atoms with E-state index in [2.05, 4.69) is 20.7 Å². The fraction of sp³-hybridized carbons (Fsp3) is 0.207. The highest BCUT2D eigenvalue weighted by Gasteiger charge is 2.40. The Morgan fingerprint density at radius 1 is 0.949 bits per heavy atom. The second-order valence-corrected chi connectivity index (χ2v) is 9.09. The second-order valence-electron chi connectivity index (χ2n) is 9.09. The van der Waals surface area contributed by atoms with Crippen LogP contribution in [0.1, 0.15) is 12.0 Å². The molecule has 0 saturated carbocycles. The monoisotopic (exact) mass is 525 g/mol. The van der Waals surface area contributed by atoms with Gasteiger partial charge in [-0.05, 0) is 60.5 Å². The fourth-order valence-corrected chi connectivity index (χ4v) is 4.51. The van der Waals surface area contributed by atoms with Crippen molar-refractivity contribution in [2.75, 3.05) is 19.5 Å². The van der Waals surface area contributed by atoms with Crippen LogP contribution in [0.4, 0.5) is 5.95 Å². The van der Waals surface area contributed by atoms with Crippen LogP contribution >= 0.6 is 0 Å². The molecule has 2 unspecified atom stereocenters. The molecule has 10 nitrogen and oxygen atoms in total. The number of nitrogens with one attached hydrogen (secondary N) is 2. The zero-order valence-electron chi connectivity index (χ0n) is 21.5. The van der Waals surface area contributed by atoms with Gasteiger partial charge in [0.2, 0.25) is 17.8 Å². The Hall–Kier alpha value is -4.99. The number of hydrogen-bond acceptors (Lipinski definition) is 7. The van der Waals surface area contributed by atoms with Crippen molar-refractivity contribution in [2.24, 2.45) is 5.92 Å². The van der Waals surface area contributed by atoms with E-state index in [1.54, 1.807) is 55.3 Å². The Bertz CT molecular complexity index is 1400. The Morgan fingerprint density at radius 2 is 1.59 bits per heavy atom. The first-order valence-corrected chi connectivity index (χ1v) is 12.4. The summed E-state index contributed by atoms with van der Waals surface area (Å²) in [6, 6.07) is 23.6. The van der Waals surface area contributed by atoms with Crippen molar-refractivity contribution in [3.05, 3.63) is 84.4 Å². The topological polar surface area (TPSA) is 124 Å². The van der Waals surface area contributed by atoms with E-state index in [0.29, 0.717) is 29.4 Å². The van der Waals surface area contributed by atoms with E-state index in [1.807, 2.05) is 42.5 Å². The van der Waals surface area contributed by atoms with E-state index >= 15 is 0 Å². The molecule has 0 bridgehead atoms. The summed E-state index contributed by atoms with van der Waals surface area (Å²) in [5.41, 5.74) is 2.39. The highest BCUT2D eigenvalue weighted by molar-refractivity contribution is 6.22. The number of benzene rings is 3. The molecule has 2 amide bonds. The number of rotatable bonds is 8. The lowest BCUT2D eigenvalue weighted by atomic mass is 9.89. The number of nitrogens with zero attached hydrogens (tertiary/aromatic N) is 3. The molecule has 1 fully saturated rings. The zero-order chi connectivity index (χ0) is 27.4. The van der Waals surface area contributed by atoms with Gasteiger partial charge in [-0.25, -0.2) is 4.68 Å². The maximum atomic E-state index is 13.1. The molecule has 1 aromatic heterocycles. The van der Waals surface area contributed by atoms with Crippen molar-refractivity contribution < 1.29 is 23.9 Å². The van der Waals surface area contributed by atoms with Gasteiger partial charge in [0.05, 0.1) is 19.9 Å². The SMILES string of the molecule is COc1ccc(-c2nc(NC(=O)C3C(=O)CC(Cc4ccccc4)NC3=O)nn2-c2ccc(OC)cc2)cc1. The van der Waals surface area contributed by atoms with E-state index in [-0.39, 0.29) is 18.4 Å². The molecular formula is C29H27N5O5. The first-order valence-electron chi connectivity index (χ1n) is 12.4. The van der Waals surface area contributed by atoms with Gasteiger partial charge in [0, 0.05) is 18.0 Å². The van der Waals surface area contributed by atoms with E-state index < -0.39 is 23.5 Å². The van der Waals surface area contributed by atoms with Crippen LogP contribution in [0.25, 0.3) is 17.1 Å². The third-order valence-electron chi connectivity index (χ3n) is 6.47. The first-order chi connectivity index (χ1) is 18.9. The van der Waals surface area contributed by atoms with Crippen LogP contribution in [0.2, 0.25) is 0 Å². The molecule has 5 rings (SSSR count). The predicted octanol–water partition coefficient (Wildman–Crippen LogP) is 3.21.